The highest BCUT2D eigenvalue weighted by Crippen LogP contribution is 2.38. The van der Waals surface area contributed by atoms with Crippen LogP contribution >= 0.6 is 0 Å². The van der Waals surface area contributed by atoms with Crippen LogP contribution < -0.4 is 0 Å². The minimum Gasteiger partial charge on any atom is -0.298 e. The van der Waals surface area contributed by atoms with E-state index in [0.29, 0.717) is 34.9 Å². The fourth-order valence-electron chi connectivity index (χ4n) is 2.48. The van der Waals surface area contributed by atoms with Crippen LogP contribution in [-0.4, -0.2) is 11.3 Å². The summed E-state index contributed by atoms with van der Waals surface area (Å²) in [5.74, 6) is 0. The number of benzene rings is 2. The van der Waals surface area contributed by atoms with Crippen LogP contribution in [0.4, 0.5) is 26.3 Å². The number of aromatic nitrogens is 1. The van der Waals surface area contributed by atoms with Crippen molar-refractivity contribution in [3.63, 3.8) is 0 Å². The zero-order valence-electron chi connectivity index (χ0n) is 12.8. The summed E-state index contributed by atoms with van der Waals surface area (Å²) in [6.45, 7) is 0. The molecule has 0 amide bonds. The van der Waals surface area contributed by atoms with Gasteiger partial charge >= 0.3 is 12.4 Å². The fraction of sp³-hybridized carbons (Fsp3) is 0.111. The lowest BCUT2D eigenvalue weighted by molar-refractivity contribution is -0.143. The summed E-state index contributed by atoms with van der Waals surface area (Å²) in [4.78, 5) is 14.9. The zero-order valence-corrected chi connectivity index (χ0v) is 12.8. The van der Waals surface area contributed by atoms with Crippen LogP contribution in [0.3, 0.4) is 0 Å². The summed E-state index contributed by atoms with van der Waals surface area (Å²) in [6.07, 6.45) is -9.23. The first-order valence-electron chi connectivity index (χ1n) is 7.24. The number of nitrogens with zero attached hydrogens (tertiary/aromatic N) is 1. The first-order valence-corrected chi connectivity index (χ1v) is 7.24. The molecule has 0 unspecified atom stereocenters. The van der Waals surface area contributed by atoms with Gasteiger partial charge in [0.05, 0.1) is 22.3 Å². The van der Waals surface area contributed by atoms with Crippen molar-refractivity contribution in [3.8, 4) is 11.3 Å². The van der Waals surface area contributed by atoms with Crippen LogP contribution in [0, 0.1) is 0 Å². The number of carbonyl (C=O) groups excluding carboxylic acids is 1. The highest BCUT2D eigenvalue weighted by Gasteiger charge is 2.37. The molecule has 8 heteroatoms. The van der Waals surface area contributed by atoms with Gasteiger partial charge in [0.25, 0.3) is 0 Å². The molecule has 1 heterocycles. The molecule has 3 aromatic rings. The summed E-state index contributed by atoms with van der Waals surface area (Å²) in [6, 6.07) is 8.57. The van der Waals surface area contributed by atoms with Crippen LogP contribution in [0.1, 0.15) is 21.5 Å². The Balaban J connectivity index is 2.19. The Morgan fingerprint density at radius 2 is 1.38 bits per heavy atom. The summed E-state index contributed by atoms with van der Waals surface area (Å²) in [7, 11) is 0. The predicted octanol–water partition coefficient (Wildman–Crippen LogP) is 5.75. The van der Waals surface area contributed by atoms with E-state index in [4.69, 9.17) is 0 Å². The lowest BCUT2D eigenvalue weighted by Gasteiger charge is -2.14. The second-order valence-electron chi connectivity index (χ2n) is 5.56. The van der Waals surface area contributed by atoms with E-state index in [9.17, 15) is 31.1 Å². The van der Waals surface area contributed by atoms with Gasteiger partial charge in [-0.1, -0.05) is 6.07 Å². The van der Waals surface area contributed by atoms with E-state index >= 15 is 0 Å². The van der Waals surface area contributed by atoms with Crippen LogP contribution in [0.25, 0.3) is 22.2 Å². The van der Waals surface area contributed by atoms with E-state index in [0.717, 1.165) is 0 Å². The van der Waals surface area contributed by atoms with Crippen molar-refractivity contribution in [2.45, 2.75) is 12.4 Å². The van der Waals surface area contributed by atoms with Gasteiger partial charge in [0.2, 0.25) is 0 Å². The van der Waals surface area contributed by atoms with Crippen molar-refractivity contribution in [2.24, 2.45) is 0 Å². The highest BCUT2D eigenvalue weighted by molar-refractivity contribution is 5.88. The molecule has 0 atom stereocenters. The smallest absolute Gasteiger partial charge is 0.298 e. The van der Waals surface area contributed by atoms with Gasteiger partial charge in [-0.2, -0.15) is 26.3 Å². The van der Waals surface area contributed by atoms with Crippen LogP contribution in [-0.2, 0) is 12.4 Å². The van der Waals surface area contributed by atoms with E-state index in [1.54, 1.807) is 0 Å². The maximum atomic E-state index is 13.0. The normalized spacial score (nSPS) is 12.4. The van der Waals surface area contributed by atoms with Crippen LogP contribution in [0.5, 0.6) is 0 Å². The van der Waals surface area contributed by atoms with Crippen molar-refractivity contribution in [3.05, 3.63) is 65.2 Å². The van der Waals surface area contributed by atoms with E-state index < -0.39 is 23.5 Å². The summed E-state index contributed by atoms with van der Waals surface area (Å²) < 4.78 is 77.8. The lowest BCUT2D eigenvalue weighted by atomic mass is 10.0. The SMILES string of the molecule is O=Cc1ccc2nc(-c3cc(C(F)(F)F)cc(C(F)(F)F)c3)ccc2c1. The number of rotatable bonds is 2. The van der Waals surface area contributed by atoms with E-state index in [-0.39, 0.29) is 17.3 Å². The summed E-state index contributed by atoms with van der Waals surface area (Å²) in [5, 5.41) is 0.543. The molecule has 3 rings (SSSR count). The Kier molecular flexibility index (Phi) is 4.21. The Morgan fingerprint density at radius 1 is 0.769 bits per heavy atom. The Hall–Kier alpha value is -2.90. The molecular formula is C18H9F6NO. The number of halogens is 6. The van der Waals surface area contributed by atoms with E-state index in [1.165, 1.54) is 30.3 Å². The lowest BCUT2D eigenvalue weighted by Crippen LogP contribution is -2.11. The number of aldehydes is 1. The van der Waals surface area contributed by atoms with Gasteiger partial charge in [-0.05, 0) is 42.5 Å². The second-order valence-corrected chi connectivity index (χ2v) is 5.56. The van der Waals surface area contributed by atoms with Crippen molar-refractivity contribution >= 4 is 17.2 Å². The third-order valence-corrected chi connectivity index (χ3v) is 3.73. The van der Waals surface area contributed by atoms with Crippen LogP contribution in [0.15, 0.2) is 48.5 Å². The zero-order chi connectivity index (χ0) is 19.1. The molecule has 0 aliphatic rings. The first kappa shape index (κ1) is 17.9. The number of hydrogen-bond donors (Lipinski definition) is 0. The maximum Gasteiger partial charge on any atom is 0.416 e. The van der Waals surface area contributed by atoms with Gasteiger partial charge in [0, 0.05) is 16.5 Å². The second kappa shape index (κ2) is 6.12. The monoisotopic (exact) mass is 369 g/mol. The van der Waals surface area contributed by atoms with Crippen molar-refractivity contribution in [2.75, 3.05) is 0 Å². The number of pyridine rings is 1. The largest absolute Gasteiger partial charge is 0.416 e. The molecule has 2 aromatic carbocycles. The highest BCUT2D eigenvalue weighted by atomic mass is 19.4. The number of carbonyl (C=O) groups is 1. The fourth-order valence-corrected chi connectivity index (χ4v) is 2.48. The third kappa shape index (κ3) is 3.54. The minimum atomic E-state index is -4.92. The molecule has 26 heavy (non-hydrogen) atoms. The Labute approximate surface area is 143 Å². The van der Waals surface area contributed by atoms with E-state index in [2.05, 4.69) is 4.98 Å². The molecule has 0 N–H and O–H groups in total. The molecule has 0 saturated carbocycles. The predicted molar refractivity (Wildman–Crippen MR) is 82.6 cm³/mol. The first-order chi connectivity index (χ1) is 12.1. The quantitative estimate of drug-likeness (QED) is 0.425. The molecule has 0 aliphatic carbocycles. The van der Waals surface area contributed by atoms with Gasteiger partial charge in [0.1, 0.15) is 6.29 Å². The van der Waals surface area contributed by atoms with Gasteiger partial charge < -0.3 is 0 Å². The maximum absolute atomic E-state index is 13.0. The molecule has 0 fully saturated rings. The number of alkyl halides is 6. The molecule has 0 saturated heterocycles. The topological polar surface area (TPSA) is 30.0 Å². The van der Waals surface area contributed by atoms with Gasteiger partial charge in [0.15, 0.2) is 0 Å². The Bertz CT molecular complexity index is 959. The van der Waals surface area contributed by atoms with E-state index in [1.807, 2.05) is 0 Å². The van der Waals surface area contributed by atoms with Gasteiger partial charge in [-0.15, -0.1) is 0 Å². The molecule has 1 aromatic heterocycles. The molecule has 134 valence electrons. The van der Waals surface area contributed by atoms with Crippen molar-refractivity contribution < 1.29 is 31.1 Å². The summed E-state index contributed by atoms with van der Waals surface area (Å²) in [5.41, 5.74) is -2.41. The average molecular weight is 369 g/mol. The third-order valence-electron chi connectivity index (χ3n) is 3.73. The van der Waals surface area contributed by atoms with Gasteiger partial charge in [-0.25, -0.2) is 4.98 Å². The molecular weight excluding hydrogens is 360 g/mol. The summed E-state index contributed by atoms with van der Waals surface area (Å²) >= 11 is 0. The minimum absolute atomic E-state index is 0.0343. The molecule has 0 bridgehead atoms. The number of hydrogen-bond acceptors (Lipinski definition) is 2. The molecule has 0 radical (unpaired) electrons. The average Bonchev–Trinajstić information content (AvgIpc) is 2.59. The standard InChI is InChI=1S/C18H9F6NO/c19-17(20,21)13-6-12(7-14(8-13)18(22,23)24)16-4-2-11-5-10(9-26)1-3-15(11)25-16/h1-9H. The number of fused-ring (bicyclic) bond motifs is 1. The molecule has 0 aliphatic heterocycles. The Morgan fingerprint density at radius 3 is 1.92 bits per heavy atom. The van der Waals surface area contributed by atoms with Gasteiger partial charge in [-0.3, -0.25) is 4.79 Å². The van der Waals surface area contributed by atoms with Crippen molar-refractivity contribution in [1.82, 2.24) is 4.98 Å². The molecule has 2 nitrogen and oxygen atoms in total. The van der Waals surface area contributed by atoms with Crippen molar-refractivity contribution in [1.29, 1.82) is 0 Å². The van der Waals surface area contributed by atoms with Crippen LogP contribution in [0.2, 0.25) is 0 Å². The molecule has 0 spiro atoms.